The Bertz CT molecular complexity index is 1170. The van der Waals surface area contributed by atoms with Crippen LogP contribution >= 0.6 is 22.6 Å². The molecular weight excluding hydrogens is 497 g/mol. The molecular formula is C21H18IN5O3. The molecule has 0 spiro atoms. The van der Waals surface area contributed by atoms with Gasteiger partial charge < -0.3 is 9.47 Å². The van der Waals surface area contributed by atoms with Crippen molar-refractivity contribution < 1.29 is 9.47 Å². The van der Waals surface area contributed by atoms with E-state index in [1.54, 1.807) is 31.5 Å². The first-order valence-electron chi connectivity index (χ1n) is 8.96. The molecule has 0 unspecified atom stereocenters. The van der Waals surface area contributed by atoms with E-state index in [0.717, 1.165) is 9.13 Å². The molecule has 0 fully saturated rings. The van der Waals surface area contributed by atoms with Crippen LogP contribution in [0.2, 0.25) is 0 Å². The van der Waals surface area contributed by atoms with E-state index >= 15 is 0 Å². The van der Waals surface area contributed by atoms with Gasteiger partial charge in [0.05, 0.1) is 29.2 Å². The van der Waals surface area contributed by atoms with Gasteiger partial charge in [-0.2, -0.15) is 10.4 Å². The summed E-state index contributed by atoms with van der Waals surface area (Å²) in [7, 11) is 1.57. The van der Waals surface area contributed by atoms with Crippen molar-refractivity contribution in [2.75, 3.05) is 19.1 Å². The molecule has 0 aliphatic heterocycles. The Morgan fingerprint density at radius 2 is 2.10 bits per heavy atom. The second kappa shape index (κ2) is 9.89. The number of hydrogen-bond donors (Lipinski definition) is 2. The van der Waals surface area contributed by atoms with E-state index in [1.807, 2.05) is 37.3 Å². The first kappa shape index (κ1) is 21.3. The van der Waals surface area contributed by atoms with Crippen LogP contribution in [0.1, 0.15) is 18.1 Å². The minimum atomic E-state index is -0.540. The fourth-order valence-corrected chi connectivity index (χ4v) is 3.48. The summed E-state index contributed by atoms with van der Waals surface area (Å²) in [5, 5.41) is 13.5. The van der Waals surface area contributed by atoms with Crippen LogP contribution in [-0.4, -0.2) is 29.9 Å². The number of ether oxygens (including phenoxy) is 2. The number of nitriles is 1. The zero-order valence-electron chi connectivity index (χ0n) is 16.3. The molecule has 2 N–H and O–H groups in total. The summed E-state index contributed by atoms with van der Waals surface area (Å²) in [4.78, 5) is 19.2. The second-order valence-corrected chi connectivity index (χ2v) is 7.12. The molecule has 2 aromatic carbocycles. The average molecular weight is 515 g/mol. The Kier molecular flexibility index (Phi) is 7.03. The van der Waals surface area contributed by atoms with Crippen molar-refractivity contribution in [3.05, 3.63) is 67.5 Å². The van der Waals surface area contributed by atoms with E-state index in [4.69, 9.17) is 9.47 Å². The third-order valence-electron chi connectivity index (χ3n) is 4.00. The van der Waals surface area contributed by atoms with Gasteiger partial charge in [0, 0.05) is 5.56 Å². The second-order valence-electron chi connectivity index (χ2n) is 5.95. The third-order valence-corrected chi connectivity index (χ3v) is 4.80. The summed E-state index contributed by atoms with van der Waals surface area (Å²) in [5.41, 5.74) is 3.84. The largest absolute Gasteiger partial charge is 0.493 e. The normalized spacial score (nSPS) is 10.6. The smallest absolute Gasteiger partial charge is 0.270 e. The maximum absolute atomic E-state index is 12.3. The first-order valence-corrected chi connectivity index (χ1v) is 10.0. The number of hydrogen-bond acceptors (Lipinski definition) is 7. The molecule has 8 nitrogen and oxygen atoms in total. The van der Waals surface area contributed by atoms with Crippen LogP contribution in [0.25, 0.3) is 11.3 Å². The Morgan fingerprint density at radius 1 is 1.33 bits per heavy atom. The number of aromatic amines is 1. The first-order chi connectivity index (χ1) is 14.6. The maximum Gasteiger partial charge on any atom is 0.270 e. The summed E-state index contributed by atoms with van der Waals surface area (Å²) in [6.45, 7) is 2.44. The lowest BCUT2D eigenvalue weighted by molar-refractivity contribution is 0.308. The van der Waals surface area contributed by atoms with Gasteiger partial charge in [0.1, 0.15) is 11.6 Å². The Morgan fingerprint density at radius 3 is 2.77 bits per heavy atom. The zero-order chi connectivity index (χ0) is 21.5. The van der Waals surface area contributed by atoms with Gasteiger partial charge in [-0.15, -0.1) is 0 Å². The van der Waals surface area contributed by atoms with E-state index in [9.17, 15) is 10.1 Å². The summed E-state index contributed by atoms with van der Waals surface area (Å²) in [6, 6.07) is 14.6. The van der Waals surface area contributed by atoms with Crippen LogP contribution < -0.4 is 20.5 Å². The van der Waals surface area contributed by atoms with Crippen molar-refractivity contribution in [3.8, 4) is 28.8 Å². The summed E-state index contributed by atoms with van der Waals surface area (Å²) < 4.78 is 11.9. The molecule has 0 atom stereocenters. The van der Waals surface area contributed by atoms with E-state index < -0.39 is 5.56 Å². The van der Waals surface area contributed by atoms with E-state index in [1.165, 1.54) is 0 Å². The topological polar surface area (TPSA) is 112 Å². The summed E-state index contributed by atoms with van der Waals surface area (Å²) >= 11 is 2.17. The molecule has 3 rings (SSSR count). The van der Waals surface area contributed by atoms with Crippen molar-refractivity contribution in [1.82, 2.24) is 9.97 Å². The standard InChI is InChI=1S/C21H18IN5O3/c1-3-30-19-16(22)9-13(10-17(19)29-2)12-24-27-21-25-18(14-7-5-4-6-8-14)15(11-23)20(28)26-21/h4-10,12H,3H2,1-2H3,(H2,25,26,27,28). The fraction of sp³-hybridized carbons (Fsp3) is 0.143. The highest BCUT2D eigenvalue weighted by Gasteiger charge is 2.13. The molecule has 152 valence electrons. The number of benzene rings is 2. The number of methoxy groups -OCH3 is 1. The summed E-state index contributed by atoms with van der Waals surface area (Å²) in [5.74, 6) is 1.40. The number of aromatic nitrogens is 2. The number of nitrogens with zero attached hydrogens (tertiary/aromatic N) is 3. The molecule has 1 aromatic heterocycles. The van der Waals surface area contributed by atoms with E-state index in [2.05, 4.69) is 43.1 Å². The quantitative estimate of drug-likeness (QED) is 0.282. The van der Waals surface area contributed by atoms with E-state index in [-0.39, 0.29) is 17.2 Å². The van der Waals surface area contributed by atoms with Crippen molar-refractivity contribution in [1.29, 1.82) is 5.26 Å². The predicted octanol–water partition coefficient (Wildman–Crippen LogP) is 3.77. The lowest BCUT2D eigenvalue weighted by atomic mass is 10.1. The highest BCUT2D eigenvalue weighted by atomic mass is 127. The molecule has 0 aliphatic rings. The minimum Gasteiger partial charge on any atom is -0.493 e. The van der Waals surface area contributed by atoms with Crippen molar-refractivity contribution in [2.45, 2.75) is 6.92 Å². The Hall–Kier alpha value is -3.39. The third kappa shape index (κ3) is 4.77. The number of hydrazone groups is 1. The van der Waals surface area contributed by atoms with Crippen molar-refractivity contribution in [2.24, 2.45) is 5.10 Å². The molecule has 0 bridgehead atoms. The SMILES string of the molecule is CCOc1c(I)cc(C=NNc2nc(-c3ccccc3)c(C#N)c(=O)[nH]2)cc1OC. The zero-order valence-corrected chi connectivity index (χ0v) is 18.4. The van der Waals surface area contributed by atoms with Gasteiger partial charge in [-0.3, -0.25) is 9.78 Å². The van der Waals surface area contributed by atoms with Crippen molar-refractivity contribution >= 4 is 34.8 Å². The molecule has 1 heterocycles. The van der Waals surface area contributed by atoms with Crippen LogP contribution in [0.3, 0.4) is 0 Å². The van der Waals surface area contributed by atoms with Gasteiger partial charge in [-0.25, -0.2) is 10.4 Å². The van der Waals surface area contributed by atoms with Crippen LogP contribution in [0.5, 0.6) is 11.5 Å². The molecule has 0 saturated carbocycles. The number of rotatable bonds is 7. The van der Waals surface area contributed by atoms with Gasteiger partial charge in [0.15, 0.2) is 11.5 Å². The maximum atomic E-state index is 12.3. The van der Waals surface area contributed by atoms with Crippen LogP contribution in [0.4, 0.5) is 5.95 Å². The number of anilines is 1. The minimum absolute atomic E-state index is 0.0541. The number of nitrogens with one attached hydrogen (secondary N) is 2. The molecule has 0 saturated heterocycles. The molecule has 3 aromatic rings. The lowest BCUT2D eigenvalue weighted by Crippen LogP contribution is -2.16. The summed E-state index contributed by atoms with van der Waals surface area (Å²) in [6.07, 6.45) is 1.57. The lowest BCUT2D eigenvalue weighted by Gasteiger charge is -2.12. The molecule has 30 heavy (non-hydrogen) atoms. The molecule has 0 aliphatic carbocycles. The van der Waals surface area contributed by atoms with Crippen molar-refractivity contribution in [3.63, 3.8) is 0 Å². The van der Waals surface area contributed by atoms with Gasteiger partial charge in [-0.05, 0) is 47.2 Å². The predicted molar refractivity (Wildman–Crippen MR) is 123 cm³/mol. The van der Waals surface area contributed by atoms with Gasteiger partial charge in [0.25, 0.3) is 5.56 Å². The monoisotopic (exact) mass is 515 g/mol. The Balaban J connectivity index is 1.89. The van der Waals surface area contributed by atoms with Crippen LogP contribution in [0, 0.1) is 14.9 Å². The van der Waals surface area contributed by atoms with Gasteiger partial charge in [-0.1, -0.05) is 30.3 Å². The molecule has 0 amide bonds. The Labute approximate surface area is 186 Å². The van der Waals surface area contributed by atoms with Gasteiger partial charge >= 0.3 is 0 Å². The number of halogens is 1. The fourth-order valence-electron chi connectivity index (χ4n) is 2.70. The van der Waals surface area contributed by atoms with Crippen LogP contribution in [0.15, 0.2) is 52.4 Å². The average Bonchev–Trinajstić information content (AvgIpc) is 2.75. The van der Waals surface area contributed by atoms with E-state index in [0.29, 0.717) is 23.7 Å². The molecule has 9 heteroatoms. The highest BCUT2D eigenvalue weighted by Crippen LogP contribution is 2.33. The highest BCUT2D eigenvalue weighted by molar-refractivity contribution is 14.1. The molecule has 0 radical (unpaired) electrons. The van der Waals surface area contributed by atoms with Gasteiger partial charge in [0.2, 0.25) is 5.95 Å². The number of H-pyrrole nitrogens is 1. The van der Waals surface area contributed by atoms with Crippen LogP contribution in [-0.2, 0) is 0 Å².